The number of urea groups is 1. The first-order chi connectivity index (χ1) is 15.6. The number of rotatable bonds is 5. The minimum absolute atomic E-state index is 0.222. The summed E-state index contributed by atoms with van der Waals surface area (Å²) in [6.07, 6.45) is 9.89. The summed E-state index contributed by atoms with van der Waals surface area (Å²) in [6.45, 7) is 6.99. The number of imide groups is 1. The van der Waals surface area contributed by atoms with E-state index in [1.54, 1.807) is 11.1 Å². The van der Waals surface area contributed by atoms with Crippen LogP contribution in [0.15, 0.2) is 24.5 Å². The van der Waals surface area contributed by atoms with Gasteiger partial charge in [-0.15, -0.1) is 0 Å². The molecule has 3 aliphatic heterocycles. The molecule has 172 valence electrons. The fourth-order valence-corrected chi connectivity index (χ4v) is 5.51. The SMILES string of the molecule is C[C@@H]1C[C@H](Cc2ccn3ncc(N4CCC(=O)NC4=O)c3c2)CCN1CC1CCOCC1. The van der Waals surface area contributed by atoms with Crippen LogP contribution in [0.3, 0.4) is 0 Å². The van der Waals surface area contributed by atoms with Crippen molar-refractivity contribution in [2.24, 2.45) is 11.8 Å². The molecule has 3 amide bonds. The zero-order valence-corrected chi connectivity index (χ0v) is 18.8. The third-order valence-electron chi connectivity index (χ3n) is 7.39. The molecule has 0 spiro atoms. The van der Waals surface area contributed by atoms with Crippen LogP contribution in [0.4, 0.5) is 10.5 Å². The number of piperidine rings is 1. The Hall–Kier alpha value is -2.45. The molecule has 2 atom stereocenters. The van der Waals surface area contributed by atoms with Gasteiger partial charge in [0.15, 0.2) is 0 Å². The highest BCUT2D eigenvalue weighted by Gasteiger charge is 2.29. The van der Waals surface area contributed by atoms with E-state index in [-0.39, 0.29) is 11.9 Å². The third-order valence-corrected chi connectivity index (χ3v) is 7.39. The quantitative estimate of drug-likeness (QED) is 0.775. The summed E-state index contributed by atoms with van der Waals surface area (Å²) in [5, 5.41) is 6.81. The summed E-state index contributed by atoms with van der Waals surface area (Å²) < 4.78 is 7.32. The molecule has 8 heteroatoms. The smallest absolute Gasteiger partial charge is 0.328 e. The van der Waals surface area contributed by atoms with Crippen LogP contribution in [0.2, 0.25) is 0 Å². The number of carbonyl (C=O) groups is 2. The number of nitrogens with zero attached hydrogens (tertiary/aromatic N) is 4. The van der Waals surface area contributed by atoms with Crippen molar-refractivity contribution in [3.8, 4) is 0 Å². The molecule has 2 aromatic heterocycles. The van der Waals surface area contributed by atoms with E-state index in [1.165, 1.54) is 44.3 Å². The summed E-state index contributed by atoms with van der Waals surface area (Å²) in [4.78, 5) is 28.1. The Labute approximate surface area is 188 Å². The van der Waals surface area contributed by atoms with Gasteiger partial charge in [-0.05, 0) is 75.1 Å². The first kappa shape index (κ1) is 21.4. The molecule has 32 heavy (non-hydrogen) atoms. The predicted octanol–water partition coefficient (Wildman–Crippen LogP) is 2.85. The highest BCUT2D eigenvalue weighted by Crippen LogP contribution is 2.30. The van der Waals surface area contributed by atoms with Crippen molar-refractivity contribution in [1.29, 1.82) is 0 Å². The lowest BCUT2D eigenvalue weighted by atomic mass is 9.85. The predicted molar refractivity (Wildman–Crippen MR) is 122 cm³/mol. The van der Waals surface area contributed by atoms with Crippen LogP contribution in [0, 0.1) is 11.8 Å². The number of carbonyl (C=O) groups excluding carboxylic acids is 2. The zero-order valence-electron chi connectivity index (χ0n) is 18.8. The Kier molecular flexibility index (Phi) is 6.15. The lowest BCUT2D eigenvalue weighted by Gasteiger charge is -2.40. The van der Waals surface area contributed by atoms with Crippen molar-refractivity contribution in [2.45, 2.75) is 51.5 Å². The van der Waals surface area contributed by atoms with E-state index in [9.17, 15) is 9.59 Å². The molecule has 0 unspecified atom stereocenters. The number of amides is 3. The van der Waals surface area contributed by atoms with Crippen LogP contribution in [0.5, 0.6) is 0 Å². The van der Waals surface area contributed by atoms with Crippen LogP contribution >= 0.6 is 0 Å². The van der Waals surface area contributed by atoms with Crippen LogP contribution < -0.4 is 10.2 Å². The highest BCUT2D eigenvalue weighted by molar-refractivity contribution is 6.07. The number of fused-ring (bicyclic) bond motifs is 1. The molecule has 3 aliphatic rings. The van der Waals surface area contributed by atoms with Gasteiger partial charge in [0.25, 0.3) is 0 Å². The van der Waals surface area contributed by atoms with Gasteiger partial charge in [0.2, 0.25) is 5.91 Å². The monoisotopic (exact) mass is 439 g/mol. The number of hydrogen-bond acceptors (Lipinski definition) is 5. The molecule has 5 rings (SSSR count). The van der Waals surface area contributed by atoms with Crippen LogP contribution in [0.1, 0.15) is 44.6 Å². The number of likely N-dealkylation sites (tertiary alicyclic amines) is 1. The van der Waals surface area contributed by atoms with Gasteiger partial charge in [-0.2, -0.15) is 5.10 Å². The van der Waals surface area contributed by atoms with Gasteiger partial charge in [-0.3, -0.25) is 15.0 Å². The minimum atomic E-state index is -0.368. The van der Waals surface area contributed by atoms with Crippen LogP contribution in [0.25, 0.3) is 5.52 Å². The van der Waals surface area contributed by atoms with Gasteiger partial charge in [0, 0.05) is 45.0 Å². The van der Waals surface area contributed by atoms with Crippen molar-refractivity contribution in [1.82, 2.24) is 19.8 Å². The summed E-state index contributed by atoms with van der Waals surface area (Å²) in [6, 6.07) is 4.54. The summed E-state index contributed by atoms with van der Waals surface area (Å²) in [5.74, 6) is 1.23. The maximum atomic E-state index is 12.3. The molecule has 0 saturated carbocycles. The van der Waals surface area contributed by atoms with Crippen LogP contribution in [-0.2, 0) is 16.0 Å². The van der Waals surface area contributed by atoms with Gasteiger partial charge in [0.05, 0.1) is 17.4 Å². The van der Waals surface area contributed by atoms with Gasteiger partial charge in [-0.25, -0.2) is 9.31 Å². The largest absolute Gasteiger partial charge is 0.381 e. The number of anilines is 1. The standard InChI is InChI=1S/C24H33N5O3/c1-17-12-19(2-7-27(17)16-18-5-10-32-11-6-18)13-20-3-9-29-21(14-20)22(15-25-29)28-8-4-23(30)26-24(28)31/h3,9,14-15,17-19H,2,4-8,10-13,16H2,1H3,(H,26,30,31)/t17-,19-/m1/s1. The van der Waals surface area contributed by atoms with Gasteiger partial charge in [-0.1, -0.05) is 0 Å². The topological polar surface area (TPSA) is 79.2 Å². The molecule has 1 N–H and O–H groups in total. The normalized spacial score (nSPS) is 26.0. The number of nitrogens with one attached hydrogen (secondary N) is 1. The average molecular weight is 440 g/mol. The van der Waals surface area contributed by atoms with E-state index in [0.29, 0.717) is 24.9 Å². The van der Waals surface area contributed by atoms with E-state index < -0.39 is 0 Å². The molecule has 0 aromatic carbocycles. The van der Waals surface area contributed by atoms with E-state index in [1.807, 2.05) is 10.7 Å². The van der Waals surface area contributed by atoms with Gasteiger partial charge >= 0.3 is 6.03 Å². The molecule has 3 fully saturated rings. The Morgan fingerprint density at radius 3 is 2.78 bits per heavy atom. The molecule has 0 aliphatic carbocycles. The number of aromatic nitrogens is 2. The Bertz CT molecular complexity index is 983. The average Bonchev–Trinajstić information content (AvgIpc) is 3.19. The highest BCUT2D eigenvalue weighted by atomic mass is 16.5. The zero-order chi connectivity index (χ0) is 22.1. The summed E-state index contributed by atoms with van der Waals surface area (Å²) in [7, 11) is 0. The molecule has 8 nitrogen and oxygen atoms in total. The molecule has 0 radical (unpaired) electrons. The molecule has 2 aromatic rings. The van der Waals surface area contributed by atoms with Crippen molar-refractivity contribution in [3.05, 3.63) is 30.1 Å². The second-order valence-electron chi connectivity index (χ2n) is 9.64. The lowest BCUT2D eigenvalue weighted by molar-refractivity contribution is -0.120. The molecule has 0 bridgehead atoms. The van der Waals surface area contributed by atoms with Crippen molar-refractivity contribution in [3.63, 3.8) is 0 Å². The number of hydrogen-bond donors (Lipinski definition) is 1. The summed E-state index contributed by atoms with van der Waals surface area (Å²) in [5.41, 5.74) is 2.95. The maximum Gasteiger partial charge on any atom is 0.328 e. The van der Waals surface area contributed by atoms with Crippen molar-refractivity contribution >= 4 is 23.1 Å². The Morgan fingerprint density at radius 1 is 1.16 bits per heavy atom. The first-order valence-electron chi connectivity index (χ1n) is 12.0. The van der Waals surface area contributed by atoms with E-state index in [0.717, 1.165) is 36.8 Å². The van der Waals surface area contributed by atoms with Gasteiger partial charge < -0.3 is 9.64 Å². The molecular weight excluding hydrogens is 406 g/mol. The molecular formula is C24H33N5O3. The molecule has 3 saturated heterocycles. The van der Waals surface area contributed by atoms with Gasteiger partial charge in [0.1, 0.15) is 0 Å². The Balaban J connectivity index is 1.24. The second-order valence-corrected chi connectivity index (χ2v) is 9.64. The van der Waals surface area contributed by atoms with Crippen molar-refractivity contribution < 1.29 is 14.3 Å². The first-order valence-corrected chi connectivity index (χ1v) is 12.0. The number of ether oxygens (including phenoxy) is 1. The minimum Gasteiger partial charge on any atom is -0.381 e. The fourth-order valence-electron chi connectivity index (χ4n) is 5.51. The number of pyridine rings is 1. The van der Waals surface area contributed by atoms with E-state index >= 15 is 0 Å². The second kappa shape index (κ2) is 9.19. The summed E-state index contributed by atoms with van der Waals surface area (Å²) >= 11 is 0. The maximum absolute atomic E-state index is 12.3. The van der Waals surface area contributed by atoms with E-state index in [4.69, 9.17) is 4.74 Å². The van der Waals surface area contributed by atoms with Crippen molar-refractivity contribution in [2.75, 3.05) is 37.7 Å². The fraction of sp³-hybridized carbons (Fsp3) is 0.625. The van der Waals surface area contributed by atoms with Crippen LogP contribution in [-0.4, -0.2) is 65.3 Å². The van der Waals surface area contributed by atoms with E-state index in [2.05, 4.69) is 34.4 Å². The third kappa shape index (κ3) is 4.52. The Morgan fingerprint density at radius 2 is 2.00 bits per heavy atom. The molecule has 5 heterocycles. The lowest BCUT2D eigenvalue weighted by Crippen LogP contribution is -2.49.